The number of nitrogens with zero attached hydrogens (tertiary/aromatic N) is 6. The zero-order valence-corrected chi connectivity index (χ0v) is 45.0. The second-order valence-corrected chi connectivity index (χ2v) is 22.1. The molecule has 5 aromatic heterocycles. The smallest absolute Gasteiger partial charge is 0.164 e. The highest BCUT2D eigenvalue weighted by Crippen LogP contribution is 2.48. The van der Waals surface area contributed by atoms with E-state index in [0.29, 0.717) is 17.5 Å². The second kappa shape index (κ2) is 18.4. The third-order valence-electron chi connectivity index (χ3n) is 16.5. The normalized spacial score (nSPS) is 11.9. The molecule has 0 unspecified atom stereocenters. The molecule has 12 aromatic carbocycles. The van der Waals surface area contributed by atoms with Crippen LogP contribution in [0.5, 0.6) is 0 Å². The Hall–Kier alpha value is -10.7. The lowest BCUT2D eigenvalue weighted by Crippen LogP contribution is -2.05. The van der Waals surface area contributed by atoms with Gasteiger partial charge in [0.1, 0.15) is 0 Å². The van der Waals surface area contributed by atoms with Crippen LogP contribution in [0.1, 0.15) is 0 Å². The van der Waals surface area contributed by atoms with E-state index in [2.05, 4.69) is 256 Å². The maximum atomic E-state index is 5.43. The number of benzene rings is 12. The fourth-order valence-corrected chi connectivity index (χ4v) is 14.1. The first-order valence-corrected chi connectivity index (χ1v) is 28.6. The largest absolute Gasteiger partial charge is 0.309 e. The molecule has 382 valence electrons. The molecule has 0 fully saturated rings. The lowest BCUT2D eigenvalue weighted by molar-refractivity contribution is 1.07. The van der Waals surface area contributed by atoms with E-state index in [0.717, 1.165) is 89.1 Å². The van der Waals surface area contributed by atoms with Gasteiger partial charge in [0, 0.05) is 91.7 Å². The zero-order chi connectivity index (χ0) is 53.8. The molecule has 7 heteroatoms. The second-order valence-electron chi connectivity index (χ2n) is 21.1. The van der Waals surface area contributed by atoms with Gasteiger partial charge in [-0.15, -0.1) is 11.3 Å². The molecule has 0 N–H and O–H groups in total. The number of thiophene rings is 1. The minimum absolute atomic E-state index is 0.577. The van der Waals surface area contributed by atoms with Crippen molar-refractivity contribution in [2.24, 2.45) is 0 Å². The zero-order valence-electron chi connectivity index (χ0n) is 44.1. The number of para-hydroxylation sites is 5. The number of hydrogen-bond donors (Lipinski definition) is 0. The predicted octanol–water partition coefficient (Wildman–Crippen LogP) is 19.9. The van der Waals surface area contributed by atoms with Crippen molar-refractivity contribution < 1.29 is 0 Å². The van der Waals surface area contributed by atoms with Crippen molar-refractivity contribution in [3.63, 3.8) is 0 Å². The van der Waals surface area contributed by atoms with Crippen molar-refractivity contribution in [2.75, 3.05) is 0 Å². The van der Waals surface area contributed by atoms with Gasteiger partial charge in [-0.2, -0.15) is 0 Å². The molecule has 0 bridgehead atoms. The van der Waals surface area contributed by atoms with Gasteiger partial charge in [0.05, 0.1) is 38.8 Å². The van der Waals surface area contributed by atoms with Gasteiger partial charge in [-0.1, -0.05) is 200 Å². The minimum Gasteiger partial charge on any atom is -0.309 e. The summed E-state index contributed by atoms with van der Waals surface area (Å²) >= 11 is 1.88. The summed E-state index contributed by atoms with van der Waals surface area (Å²) in [7, 11) is 0. The van der Waals surface area contributed by atoms with Gasteiger partial charge in [0.25, 0.3) is 0 Å². The fraction of sp³-hybridized carbons (Fsp3) is 0. The monoisotopic (exact) mass is 1060 g/mol. The van der Waals surface area contributed by atoms with Crippen LogP contribution in [0.15, 0.2) is 279 Å². The van der Waals surface area contributed by atoms with Crippen molar-refractivity contribution >= 4 is 96.9 Å². The standard InChI is InChI=1S/C75H46N6S/c1-3-21-47(22-4-1)73-76-74(48-23-5-2-6-24-48)78-75(77-73)51-45-61(49-25-19-27-52(43-49)79-63-35-13-7-29-54(63)55-30-8-14-36-64(55)79)71(81-67-39-17-11-34-60(67)70-68(81)42-41-59-58-33-12-18-40-69(58)82-72(59)70)62(46-51)50-26-20-28-53(44-50)80-65-37-15-9-31-56(65)57-32-10-16-38-66(57)80/h1-46H. The number of fused-ring (bicyclic) bond motifs is 13. The molecule has 5 heterocycles. The molecule has 0 atom stereocenters. The molecule has 17 rings (SSSR count). The Morgan fingerprint density at radius 2 is 0.646 bits per heavy atom. The van der Waals surface area contributed by atoms with Crippen molar-refractivity contribution in [1.82, 2.24) is 28.7 Å². The Bertz CT molecular complexity index is 5070. The molecule has 0 saturated heterocycles. The van der Waals surface area contributed by atoms with Crippen molar-refractivity contribution in [3.8, 4) is 73.5 Å². The summed E-state index contributed by atoms with van der Waals surface area (Å²) in [5, 5.41) is 9.85. The highest BCUT2D eigenvalue weighted by molar-refractivity contribution is 7.26. The minimum atomic E-state index is 0.577. The first-order chi connectivity index (χ1) is 40.7. The maximum absolute atomic E-state index is 5.43. The van der Waals surface area contributed by atoms with Crippen molar-refractivity contribution in [3.05, 3.63) is 279 Å². The van der Waals surface area contributed by atoms with Crippen LogP contribution in [0.4, 0.5) is 0 Å². The van der Waals surface area contributed by atoms with Crippen LogP contribution in [0.3, 0.4) is 0 Å². The molecule has 6 nitrogen and oxygen atoms in total. The quantitative estimate of drug-likeness (QED) is 0.152. The summed E-state index contributed by atoms with van der Waals surface area (Å²) in [6.07, 6.45) is 0. The summed E-state index contributed by atoms with van der Waals surface area (Å²) in [6.45, 7) is 0. The number of aromatic nitrogens is 6. The Kier molecular flexibility index (Phi) is 10.4. The molecular formula is C75H46N6S. The van der Waals surface area contributed by atoms with Gasteiger partial charge < -0.3 is 13.7 Å². The molecule has 0 saturated carbocycles. The van der Waals surface area contributed by atoms with E-state index in [4.69, 9.17) is 15.0 Å². The maximum Gasteiger partial charge on any atom is 0.164 e. The van der Waals surface area contributed by atoms with Crippen LogP contribution in [-0.4, -0.2) is 28.7 Å². The Balaban J connectivity index is 1.02. The van der Waals surface area contributed by atoms with Gasteiger partial charge in [-0.3, -0.25) is 0 Å². The third-order valence-corrected chi connectivity index (χ3v) is 17.7. The third kappa shape index (κ3) is 7.17. The van der Waals surface area contributed by atoms with Gasteiger partial charge in [0.2, 0.25) is 0 Å². The number of hydrogen-bond acceptors (Lipinski definition) is 4. The van der Waals surface area contributed by atoms with Gasteiger partial charge in [0.15, 0.2) is 17.5 Å². The molecule has 0 aliphatic carbocycles. The predicted molar refractivity (Wildman–Crippen MR) is 343 cm³/mol. The fourth-order valence-electron chi connectivity index (χ4n) is 12.9. The lowest BCUT2D eigenvalue weighted by atomic mass is 9.92. The first kappa shape index (κ1) is 46.2. The molecule has 82 heavy (non-hydrogen) atoms. The van der Waals surface area contributed by atoms with Crippen LogP contribution in [-0.2, 0) is 0 Å². The first-order valence-electron chi connectivity index (χ1n) is 27.8. The molecule has 0 spiro atoms. The van der Waals surface area contributed by atoms with Crippen LogP contribution >= 0.6 is 11.3 Å². The molecule has 17 aromatic rings. The van der Waals surface area contributed by atoms with Gasteiger partial charge in [-0.25, -0.2) is 15.0 Å². The molecule has 0 radical (unpaired) electrons. The Morgan fingerprint density at radius 1 is 0.256 bits per heavy atom. The molecular weight excluding hydrogens is 1020 g/mol. The molecule has 0 amide bonds. The van der Waals surface area contributed by atoms with E-state index in [9.17, 15) is 0 Å². The number of rotatable bonds is 8. The van der Waals surface area contributed by atoms with Crippen LogP contribution in [0.25, 0.3) is 159 Å². The Morgan fingerprint density at radius 3 is 1.13 bits per heavy atom. The average molecular weight is 1060 g/mol. The van der Waals surface area contributed by atoms with E-state index in [1.54, 1.807) is 0 Å². The average Bonchev–Trinajstić information content (AvgIpc) is 3.31. The summed E-state index contributed by atoms with van der Waals surface area (Å²) < 4.78 is 9.93. The highest BCUT2D eigenvalue weighted by atomic mass is 32.1. The summed E-state index contributed by atoms with van der Waals surface area (Å²) in [6, 6.07) is 101. The summed E-state index contributed by atoms with van der Waals surface area (Å²) in [5.74, 6) is 1.79. The van der Waals surface area contributed by atoms with E-state index >= 15 is 0 Å². The van der Waals surface area contributed by atoms with E-state index < -0.39 is 0 Å². The van der Waals surface area contributed by atoms with Crippen molar-refractivity contribution in [1.29, 1.82) is 0 Å². The van der Waals surface area contributed by atoms with Crippen molar-refractivity contribution in [2.45, 2.75) is 0 Å². The van der Waals surface area contributed by atoms with Crippen LogP contribution in [0.2, 0.25) is 0 Å². The molecule has 0 aliphatic heterocycles. The van der Waals surface area contributed by atoms with Gasteiger partial charge >= 0.3 is 0 Å². The molecule has 0 aliphatic rings. The SMILES string of the molecule is c1ccc(-c2nc(-c3ccccc3)nc(-c3cc(-c4cccc(-n5c6ccccc6c6ccccc65)c4)c(-n4c5ccccc5c5c6sc7ccccc7c6ccc54)c(-c4cccc(-n5c6ccccc6c6ccccc65)c4)c3)n2)cc1. The van der Waals surface area contributed by atoms with Gasteiger partial charge in [-0.05, 0) is 90.0 Å². The van der Waals surface area contributed by atoms with E-state index in [1.807, 2.05) is 47.7 Å². The van der Waals surface area contributed by atoms with Crippen LogP contribution < -0.4 is 0 Å². The summed E-state index contributed by atoms with van der Waals surface area (Å²) in [4.78, 5) is 16.0. The Labute approximate surface area is 475 Å². The van der Waals surface area contributed by atoms with E-state index in [-0.39, 0.29) is 0 Å². The summed E-state index contributed by atoms with van der Waals surface area (Å²) in [5.41, 5.74) is 16.9. The highest BCUT2D eigenvalue weighted by Gasteiger charge is 2.26. The van der Waals surface area contributed by atoms with E-state index in [1.165, 1.54) is 52.5 Å². The lowest BCUT2D eigenvalue weighted by Gasteiger charge is -2.22. The topological polar surface area (TPSA) is 53.5 Å². The van der Waals surface area contributed by atoms with Crippen LogP contribution in [0, 0.1) is 0 Å².